The Bertz CT molecular complexity index is 307. The van der Waals surface area contributed by atoms with Gasteiger partial charge in [-0.05, 0) is 38.3 Å². The quantitative estimate of drug-likeness (QED) is 0.800. The minimum Gasteiger partial charge on any atom is -0.316 e. The third kappa shape index (κ3) is 2.52. The molecule has 3 nitrogen and oxygen atoms in total. The van der Waals surface area contributed by atoms with Crippen LogP contribution in [0.5, 0.6) is 0 Å². The maximum Gasteiger partial charge on any atom is 0.130 e. The molecule has 1 aliphatic rings. The van der Waals surface area contributed by atoms with Gasteiger partial charge in [0.1, 0.15) is 5.03 Å². The van der Waals surface area contributed by atoms with Crippen LogP contribution in [0.1, 0.15) is 37.8 Å². The van der Waals surface area contributed by atoms with Crippen LogP contribution in [0.3, 0.4) is 0 Å². The van der Waals surface area contributed by atoms with Crippen LogP contribution in [0.4, 0.5) is 0 Å². The Labute approximate surface area is 100 Å². The molecule has 1 saturated heterocycles. The number of nitrogens with zero attached hydrogens (tertiary/aromatic N) is 2. The minimum atomic E-state index is 0.532. The van der Waals surface area contributed by atoms with E-state index in [0.29, 0.717) is 11.8 Å². The zero-order valence-corrected chi connectivity index (χ0v) is 10.7. The van der Waals surface area contributed by atoms with Crippen LogP contribution in [0.15, 0.2) is 5.03 Å². The van der Waals surface area contributed by atoms with E-state index in [1.54, 1.807) is 0 Å². The third-order valence-corrected chi connectivity index (χ3v) is 4.20. The summed E-state index contributed by atoms with van der Waals surface area (Å²) in [5.41, 5.74) is 1.11. The number of hydrogen-bond acceptors (Lipinski definition) is 5. The normalized spacial score (nSPS) is 24.0. The van der Waals surface area contributed by atoms with Crippen molar-refractivity contribution in [1.29, 1.82) is 0 Å². The summed E-state index contributed by atoms with van der Waals surface area (Å²) < 4.78 is 8.54. The van der Waals surface area contributed by atoms with Crippen molar-refractivity contribution in [2.45, 2.75) is 37.1 Å². The van der Waals surface area contributed by atoms with Gasteiger partial charge in [0.15, 0.2) is 0 Å². The van der Waals surface area contributed by atoms with Crippen LogP contribution in [-0.4, -0.2) is 21.8 Å². The van der Waals surface area contributed by atoms with Crippen molar-refractivity contribution in [3.05, 3.63) is 5.69 Å². The molecule has 2 rings (SSSR count). The Morgan fingerprint density at radius 2 is 2.47 bits per heavy atom. The lowest BCUT2D eigenvalue weighted by atomic mass is 9.83. The van der Waals surface area contributed by atoms with Crippen LogP contribution in [0.2, 0.25) is 0 Å². The van der Waals surface area contributed by atoms with E-state index in [9.17, 15) is 0 Å². The van der Waals surface area contributed by atoms with Crippen LogP contribution in [-0.2, 0) is 0 Å². The Hall–Kier alpha value is -0.130. The Morgan fingerprint density at radius 1 is 1.60 bits per heavy atom. The van der Waals surface area contributed by atoms with Crippen molar-refractivity contribution >= 4 is 24.4 Å². The summed E-state index contributed by atoms with van der Waals surface area (Å²) in [4.78, 5) is 0. The molecule has 1 N–H and O–H groups in total. The molecular formula is C10H17N3S2. The van der Waals surface area contributed by atoms with Gasteiger partial charge in [0.2, 0.25) is 0 Å². The van der Waals surface area contributed by atoms with E-state index < -0.39 is 0 Å². The number of aromatic nitrogens is 2. The Balaban J connectivity index is 2.12. The van der Waals surface area contributed by atoms with Crippen LogP contribution >= 0.6 is 24.4 Å². The summed E-state index contributed by atoms with van der Waals surface area (Å²) in [7, 11) is 0. The molecule has 0 saturated carbocycles. The Morgan fingerprint density at radius 3 is 3.00 bits per heavy atom. The maximum absolute atomic E-state index is 4.39. The largest absolute Gasteiger partial charge is 0.316 e. The molecule has 5 heteroatoms. The summed E-state index contributed by atoms with van der Waals surface area (Å²) in [6, 6.07) is 0. The lowest BCUT2D eigenvalue weighted by Gasteiger charge is -2.29. The highest BCUT2D eigenvalue weighted by Crippen LogP contribution is 2.34. The van der Waals surface area contributed by atoms with E-state index in [4.69, 9.17) is 0 Å². The second kappa shape index (κ2) is 5.27. The van der Waals surface area contributed by atoms with Crippen molar-refractivity contribution in [3.8, 4) is 0 Å². The topological polar surface area (TPSA) is 37.8 Å². The molecule has 2 heterocycles. The standard InChI is InChI=1S/C10H17N3S2/c1-2-8(7-4-3-5-11-6-7)9-10(14)13-15-12-9/h7-8,11H,2-6H2,1H3,(H,13,14)/t7?,8-/m0/s1. The summed E-state index contributed by atoms with van der Waals surface area (Å²) >= 11 is 5.66. The van der Waals surface area contributed by atoms with E-state index >= 15 is 0 Å². The third-order valence-electron chi connectivity index (χ3n) is 3.19. The average molecular weight is 243 g/mol. The summed E-state index contributed by atoms with van der Waals surface area (Å²) in [5, 5.41) is 4.29. The summed E-state index contributed by atoms with van der Waals surface area (Å²) in [6.07, 6.45) is 3.71. The molecule has 0 amide bonds. The number of thiol groups is 1. The van der Waals surface area contributed by atoms with E-state index in [-0.39, 0.29) is 0 Å². The molecule has 0 aromatic carbocycles. The number of rotatable bonds is 3. The molecule has 0 spiro atoms. The molecule has 1 aromatic rings. The van der Waals surface area contributed by atoms with E-state index in [2.05, 4.69) is 33.6 Å². The minimum absolute atomic E-state index is 0.532. The van der Waals surface area contributed by atoms with Crippen LogP contribution in [0, 0.1) is 5.92 Å². The van der Waals surface area contributed by atoms with Gasteiger partial charge >= 0.3 is 0 Å². The predicted molar refractivity (Wildman–Crippen MR) is 65.8 cm³/mol. The first-order chi connectivity index (χ1) is 7.33. The second-order valence-corrected chi connectivity index (χ2v) is 5.05. The van der Waals surface area contributed by atoms with E-state index in [0.717, 1.165) is 30.2 Å². The van der Waals surface area contributed by atoms with Gasteiger partial charge in [-0.1, -0.05) is 6.92 Å². The highest BCUT2D eigenvalue weighted by molar-refractivity contribution is 7.80. The Kier molecular flexibility index (Phi) is 3.99. The fourth-order valence-electron chi connectivity index (χ4n) is 2.40. The number of nitrogens with one attached hydrogen (secondary N) is 1. The first-order valence-electron chi connectivity index (χ1n) is 5.55. The van der Waals surface area contributed by atoms with Gasteiger partial charge < -0.3 is 5.32 Å². The second-order valence-electron chi connectivity index (χ2n) is 4.09. The number of hydrogen-bond donors (Lipinski definition) is 2. The molecule has 1 fully saturated rings. The van der Waals surface area contributed by atoms with Crippen molar-refractivity contribution in [2.24, 2.45) is 5.92 Å². The molecule has 1 unspecified atom stereocenters. The summed E-state index contributed by atoms with van der Waals surface area (Å²) in [5.74, 6) is 1.24. The highest BCUT2D eigenvalue weighted by Gasteiger charge is 2.27. The van der Waals surface area contributed by atoms with Crippen molar-refractivity contribution < 1.29 is 0 Å². The van der Waals surface area contributed by atoms with Crippen LogP contribution in [0.25, 0.3) is 0 Å². The number of piperidine rings is 1. The molecule has 2 atom stereocenters. The van der Waals surface area contributed by atoms with Gasteiger partial charge in [0.05, 0.1) is 17.4 Å². The van der Waals surface area contributed by atoms with Gasteiger partial charge in [-0.2, -0.15) is 8.75 Å². The fraction of sp³-hybridized carbons (Fsp3) is 0.800. The average Bonchev–Trinajstić information content (AvgIpc) is 2.68. The van der Waals surface area contributed by atoms with Gasteiger partial charge in [-0.15, -0.1) is 12.6 Å². The lowest BCUT2D eigenvalue weighted by Crippen LogP contribution is -2.33. The zero-order valence-electron chi connectivity index (χ0n) is 8.94. The van der Waals surface area contributed by atoms with Gasteiger partial charge in [-0.25, -0.2) is 0 Å². The zero-order chi connectivity index (χ0) is 10.7. The smallest absolute Gasteiger partial charge is 0.130 e. The van der Waals surface area contributed by atoms with E-state index in [1.165, 1.54) is 24.6 Å². The molecule has 0 bridgehead atoms. The SMILES string of the molecule is CC[C@H](c1nsnc1S)C1CCCNC1. The monoisotopic (exact) mass is 243 g/mol. The van der Waals surface area contributed by atoms with Crippen LogP contribution < -0.4 is 5.32 Å². The first kappa shape index (κ1) is 11.4. The van der Waals surface area contributed by atoms with Crippen molar-refractivity contribution in [1.82, 2.24) is 14.1 Å². The van der Waals surface area contributed by atoms with Gasteiger partial charge in [-0.3, -0.25) is 0 Å². The lowest BCUT2D eigenvalue weighted by molar-refractivity contribution is 0.311. The molecule has 0 radical (unpaired) electrons. The molecule has 1 aliphatic heterocycles. The fourth-order valence-corrected chi connectivity index (χ4v) is 3.31. The van der Waals surface area contributed by atoms with Gasteiger partial charge in [0.25, 0.3) is 0 Å². The maximum atomic E-state index is 4.39. The molecule has 1 aromatic heterocycles. The van der Waals surface area contributed by atoms with Gasteiger partial charge in [0, 0.05) is 5.92 Å². The molecule has 15 heavy (non-hydrogen) atoms. The highest BCUT2D eigenvalue weighted by atomic mass is 32.1. The molecule has 84 valence electrons. The van der Waals surface area contributed by atoms with E-state index in [1.807, 2.05) is 0 Å². The summed E-state index contributed by atoms with van der Waals surface area (Å²) in [6.45, 7) is 4.51. The first-order valence-corrected chi connectivity index (χ1v) is 6.72. The van der Waals surface area contributed by atoms with Crippen molar-refractivity contribution in [2.75, 3.05) is 13.1 Å². The molecular weight excluding hydrogens is 226 g/mol. The molecule has 0 aliphatic carbocycles. The van der Waals surface area contributed by atoms with Crippen molar-refractivity contribution in [3.63, 3.8) is 0 Å². The predicted octanol–water partition coefficient (Wildman–Crippen LogP) is 2.32.